The Balaban J connectivity index is 1.57. The Labute approximate surface area is 138 Å². The highest BCUT2D eigenvalue weighted by molar-refractivity contribution is 7.89. The predicted octanol–water partition coefficient (Wildman–Crippen LogP) is 1.85. The lowest BCUT2D eigenvalue weighted by molar-refractivity contribution is -0.142. The predicted molar refractivity (Wildman–Crippen MR) is 85.6 cm³/mol. The first kappa shape index (κ1) is 17.2. The van der Waals surface area contributed by atoms with Gasteiger partial charge in [0.2, 0.25) is 10.0 Å². The van der Waals surface area contributed by atoms with Gasteiger partial charge in [0.15, 0.2) is 0 Å². The number of carboxylic acid groups (broad SMARTS) is 1. The molecule has 3 aliphatic rings. The summed E-state index contributed by atoms with van der Waals surface area (Å²) in [5.74, 6) is -1.41. The summed E-state index contributed by atoms with van der Waals surface area (Å²) < 4.78 is 32.8. The first-order chi connectivity index (χ1) is 10.9. The van der Waals surface area contributed by atoms with Crippen molar-refractivity contribution >= 4 is 16.0 Å². The molecule has 2 bridgehead atoms. The molecule has 2 saturated heterocycles. The van der Waals surface area contributed by atoms with Crippen LogP contribution in [0.1, 0.15) is 51.9 Å². The third-order valence-corrected chi connectivity index (χ3v) is 7.73. The van der Waals surface area contributed by atoms with E-state index in [-0.39, 0.29) is 23.8 Å². The second kappa shape index (κ2) is 6.69. The molecule has 0 radical (unpaired) electrons. The molecule has 1 N–H and O–H groups in total. The Morgan fingerprint density at radius 1 is 1.26 bits per heavy atom. The van der Waals surface area contributed by atoms with Crippen LogP contribution < -0.4 is 0 Å². The van der Waals surface area contributed by atoms with E-state index in [1.807, 2.05) is 6.92 Å². The van der Waals surface area contributed by atoms with Crippen LogP contribution in [0.15, 0.2) is 0 Å². The van der Waals surface area contributed by atoms with Crippen LogP contribution in [0.2, 0.25) is 0 Å². The van der Waals surface area contributed by atoms with Crippen molar-refractivity contribution in [3.05, 3.63) is 0 Å². The number of rotatable bonds is 7. The zero-order valence-electron chi connectivity index (χ0n) is 13.7. The second-order valence-corrected chi connectivity index (χ2v) is 9.35. The lowest BCUT2D eigenvalue weighted by atomic mass is 9.89. The van der Waals surface area contributed by atoms with Gasteiger partial charge in [0.05, 0.1) is 24.4 Å². The van der Waals surface area contributed by atoms with Crippen LogP contribution in [0, 0.1) is 11.8 Å². The molecule has 1 aliphatic carbocycles. The Bertz CT molecular complexity index is 543. The van der Waals surface area contributed by atoms with Crippen molar-refractivity contribution < 1.29 is 23.1 Å². The number of aliphatic carboxylic acids is 1. The highest BCUT2D eigenvalue weighted by atomic mass is 32.2. The molecular formula is C16H27NO5S. The molecule has 6 nitrogen and oxygen atoms in total. The Hall–Kier alpha value is -0.660. The summed E-state index contributed by atoms with van der Waals surface area (Å²) in [6.45, 7) is 2.37. The Morgan fingerprint density at radius 3 is 2.57 bits per heavy atom. The second-order valence-electron chi connectivity index (χ2n) is 7.43. The number of nitrogens with zero attached hydrogens (tertiary/aromatic N) is 1. The van der Waals surface area contributed by atoms with Crippen LogP contribution in [0.3, 0.4) is 0 Å². The largest absolute Gasteiger partial charge is 0.481 e. The van der Waals surface area contributed by atoms with Gasteiger partial charge in [-0.25, -0.2) is 8.42 Å². The van der Waals surface area contributed by atoms with Crippen LogP contribution in [0.25, 0.3) is 0 Å². The van der Waals surface area contributed by atoms with Gasteiger partial charge in [0.25, 0.3) is 0 Å². The molecule has 3 rings (SSSR count). The first-order valence-electron chi connectivity index (χ1n) is 8.74. The third-order valence-electron chi connectivity index (χ3n) is 5.53. The van der Waals surface area contributed by atoms with Crippen LogP contribution in [0.5, 0.6) is 0 Å². The van der Waals surface area contributed by atoms with Crippen molar-refractivity contribution in [3.8, 4) is 0 Å². The lowest BCUT2D eigenvalue weighted by Gasteiger charge is -2.24. The normalized spacial score (nSPS) is 33.3. The molecule has 4 atom stereocenters. The number of hydrogen-bond acceptors (Lipinski definition) is 4. The number of ether oxygens (including phenoxy) is 1. The minimum atomic E-state index is -3.42. The van der Waals surface area contributed by atoms with Gasteiger partial charge in [-0.05, 0) is 38.0 Å². The van der Waals surface area contributed by atoms with Crippen LogP contribution in [0.4, 0.5) is 0 Å². The number of carbonyl (C=O) groups is 1. The van der Waals surface area contributed by atoms with Crippen molar-refractivity contribution in [3.63, 3.8) is 0 Å². The Kier molecular flexibility index (Phi) is 4.99. The van der Waals surface area contributed by atoms with E-state index in [0.717, 1.165) is 19.3 Å². The van der Waals surface area contributed by atoms with Gasteiger partial charge >= 0.3 is 5.97 Å². The maximum absolute atomic E-state index is 12.7. The molecule has 4 unspecified atom stereocenters. The summed E-state index contributed by atoms with van der Waals surface area (Å²) in [7, 11) is -3.42. The van der Waals surface area contributed by atoms with E-state index >= 15 is 0 Å². The van der Waals surface area contributed by atoms with Crippen LogP contribution >= 0.6 is 0 Å². The molecule has 2 aliphatic heterocycles. The molecule has 0 aromatic rings. The fourth-order valence-corrected chi connectivity index (χ4v) is 6.78. The third kappa shape index (κ3) is 3.56. The minimum Gasteiger partial charge on any atom is -0.481 e. The highest BCUT2D eigenvalue weighted by Gasteiger charge is 2.54. The van der Waals surface area contributed by atoms with Gasteiger partial charge < -0.3 is 9.84 Å². The number of carboxylic acids is 1. The van der Waals surface area contributed by atoms with Crippen LogP contribution in [-0.4, -0.2) is 54.3 Å². The summed E-state index contributed by atoms with van der Waals surface area (Å²) in [5.41, 5.74) is 0. The molecule has 1 saturated carbocycles. The standard InChI is InChI=1S/C16H27NO5S/c1-11(9-22-13-4-2-3-5-13)10-23(20,21)17-12-6-7-15(17)14(8-12)16(18)19/h11-15H,2-10H2,1H3,(H,18,19). The van der Waals surface area contributed by atoms with E-state index in [9.17, 15) is 18.3 Å². The quantitative estimate of drug-likeness (QED) is 0.761. The van der Waals surface area contributed by atoms with E-state index in [4.69, 9.17) is 4.74 Å². The summed E-state index contributed by atoms with van der Waals surface area (Å²) in [6.07, 6.45) is 6.78. The van der Waals surface area contributed by atoms with Crippen molar-refractivity contribution in [1.82, 2.24) is 4.31 Å². The molecule has 3 fully saturated rings. The van der Waals surface area contributed by atoms with Gasteiger partial charge in [-0.3, -0.25) is 4.79 Å². The molecule has 7 heteroatoms. The summed E-state index contributed by atoms with van der Waals surface area (Å²) >= 11 is 0. The van der Waals surface area contributed by atoms with E-state index in [1.54, 1.807) is 0 Å². The fourth-order valence-electron chi connectivity index (χ4n) is 4.49. The summed E-state index contributed by atoms with van der Waals surface area (Å²) in [6, 6.07) is -0.459. The van der Waals surface area contributed by atoms with Gasteiger partial charge in [0, 0.05) is 12.1 Å². The van der Waals surface area contributed by atoms with E-state index in [1.165, 1.54) is 17.1 Å². The van der Waals surface area contributed by atoms with E-state index in [2.05, 4.69) is 0 Å². The molecule has 0 amide bonds. The maximum Gasteiger partial charge on any atom is 0.308 e. The van der Waals surface area contributed by atoms with E-state index in [0.29, 0.717) is 25.6 Å². The first-order valence-corrected chi connectivity index (χ1v) is 10.3. The van der Waals surface area contributed by atoms with Gasteiger partial charge in [-0.1, -0.05) is 19.8 Å². The maximum atomic E-state index is 12.7. The zero-order chi connectivity index (χ0) is 16.6. The van der Waals surface area contributed by atoms with Crippen molar-refractivity contribution in [2.75, 3.05) is 12.4 Å². The fraction of sp³-hybridized carbons (Fsp3) is 0.938. The Morgan fingerprint density at radius 2 is 1.96 bits per heavy atom. The molecular weight excluding hydrogens is 318 g/mol. The van der Waals surface area contributed by atoms with Crippen LogP contribution in [-0.2, 0) is 19.6 Å². The molecule has 0 aromatic carbocycles. The van der Waals surface area contributed by atoms with Gasteiger partial charge in [-0.15, -0.1) is 0 Å². The molecule has 0 aromatic heterocycles. The van der Waals surface area contributed by atoms with Crippen molar-refractivity contribution in [2.24, 2.45) is 11.8 Å². The number of hydrogen-bond donors (Lipinski definition) is 1. The van der Waals surface area contributed by atoms with Crippen molar-refractivity contribution in [1.29, 1.82) is 0 Å². The van der Waals surface area contributed by atoms with Gasteiger partial charge in [-0.2, -0.15) is 4.31 Å². The average Bonchev–Trinajstić information content (AvgIpc) is 3.20. The van der Waals surface area contributed by atoms with E-state index < -0.39 is 21.9 Å². The minimum absolute atomic E-state index is 0.0546. The molecule has 132 valence electrons. The SMILES string of the molecule is CC(COC1CCCC1)CS(=O)(=O)N1C2CCC1C(C(=O)O)C2. The zero-order valence-corrected chi connectivity index (χ0v) is 14.5. The lowest BCUT2D eigenvalue weighted by Crippen LogP contribution is -2.40. The molecule has 23 heavy (non-hydrogen) atoms. The molecule has 0 spiro atoms. The number of sulfonamides is 1. The topological polar surface area (TPSA) is 83.9 Å². The summed E-state index contributed by atoms with van der Waals surface area (Å²) in [5, 5.41) is 9.26. The highest BCUT2D eigenvalue weighted by Crippen LogP contribution is 2.44. The summed E-state index contributed by atoms with van der Waals surface area (Å²) in [4.78, 5) is 11.3. The van der Waals surface area contributed by atoms with Gasteiger partial charge in [0.1, 0.15) is 0 Å². The molecule has 2 heterocycles. The monoisotopic (exact) mass is 345 g/mol. The smallest absolute Gasteiger partial charge is 0.308 e. The number of fused-ring (bicyclic) bond motifs is 2. The average molecular weight is 345 g/mol. The van der Waals surface area contributed by atoms with Crippen molar-refractivity contribution in [2.45, 2.75) is 70.1 Å².